The highest BCUT2D eigenvalue weighted by atomic mass is 127. The Kier molecular flexibility index (Phi) is 6.54. The fourth-order valence-corrected chi connectivity index (χ4v) is 6.12. The molecule has 0 N–H and O–H groups in total. The predicted molar refractivity (Wildman–Crippen MR) is 164 cm³/mol. The molecule has 0 spiro atoms. The SMILES string of the molecule is Ic1ccc(-c2ccc(-c3ccc(-c4ccc(-c5ccc(-c6ccccc6)cc5)cc4)cc3)cc2)s1. The molecule has 0 saturated carbocycles. The van der Waals surface area contributed by atoms with Crippen LogP contribution in [0.1, 0.15) is 0 Å². The molecular formula is C34H23IS. The summed E-state index contributed by atoms with van der Waals surface area (Å²) in [5.74, 6) is 0. The first kappa shape index (κ1) is 23.0. The van der Waals surface area contributed by atoms with Gasteiger partial charge in [-0.1, -0.05) is 127 Å². The molecule has 0 atom stereocenters. The zero-order valence-electron chi connectivity index (χ0n) is 19.6. The standard InChI is InChI=1S/C34H23IS/c35-34-23-22-33(36-34)32-20-18-31(19-21-32)30-16-14-29(15-17-30)28-12-10-27(11-13-28)26-8-6-25(7-9-26)24-4-2-1-3-5-24/h1-23H. The molecular weight excluding hydrogens is 567 g/mol. The Bertz CT molecular complexity index is 1580. The molecule has 0 unspecified atom stereocenters. The summed E-state index contributed by atoms with van der Waals surface area (Å²) in [7, 11) is 0. The van der Waals surface area contributed by atoms with E-state index in [4.69, 9.17) is 0 Å². The van der Waals surface area contributed by atoms with Crippen LogP contribution in [0.2, 0.25) is 0 Å². The van der Waals surface area contributed by atoms with Crippen LogP contribution in [0.4, 0.5) is 0 Å². The molecule has 1 aromatic heterocycles. The summed E-state index contributed by atoms with van der Waals surface area (Å²) in [6, 6.07) is 50.3. The topological polar surface area (TPSA) is 0 Å². The van der Waals surface area contributed by atoms with Crippen LogP contribution < -0.4 is 0 Å². The van der Waals surface area contributed by atoms with Gasteiger partial charge in [0.15, 0.2) is 0 Å². The fourth-order valence-electron chi connectivity index (χ4n) is 4.49. The first-order valence-corrected chi connectivity index (χ1v) is 13.8. The van der Waals surface area contributed by atoms with Gasteiger partial charge in [0.25, 0.3) is 0 Å². The van der Waals surface area contributed by atoms with Crippen LogP contribution in [0.5, 0.6) is 0 Å². The van der Waals surface area contributed by atoms with Crippen molar-refractivity contribution in [2.45, 2.75) is 0 Å². The highest BCUT2D eigenvalue weighted by molar-refractivity contribution is 14.1. The van der Waals surface area contributed by atoms with Crippen molar-refractivity contribution >= 4 is 33.9 Å². The van der Waals surface area contributed by atoms with Gasteiger partial charge in [-0.2, -0.15) is 0 Å². The van der Waals surface area contributed by atoms with Crippen LogP contribution in [0, 0.1) is 2.88 Å². The molecule has 0 saturated heterocycles. The molecule has 0 radical (unpaired) electrons. The van der Waals surface area contributed by atoms with E-state index in [0.29, 0.717) is 0 Å². The van der Waals surface area contributed by atoms with Crippen molar-refractivity contribution in [2.24, 2.45) is 0 Å². The van der Waals surface area contributed by atoms with E-state index in [1.807, 2.05) is 11.3 Å². The van der Waals surface area contributed by atoms with Crippen molar-refractivity contribution in [3.05, 3.63) is 142 Å². The van der Waals surface area contributed by atoms with Crippen LogP contribution in [-0.2, 0) is 0 Å². The van der Waals surface area contributed by atoms with Gasteiger partial charge < -0.3 is 0 Å². The van der Waals surface area contributed by atoms with Crippen LogP contribution in [0.3, 0.4) is 0 Å². The lowest BCUT2D eigenvalue weighted by molar-refractivity contribution is 1.57. The smallest absolute Gasteiger partial charge is 0.0660 e. The number of hydrogen-bond acceptors (Lipinski definition) is 1. The van der Waals surface area contributed by atoms with E-state index < -0.39 is 0 Å². The first-order valence-electron chi connectivity index (χ1n) is 12.0. The van der Waals surface area contributed by atoms with Crippen molar-refractivity contribution in [1.82, 2.24) is 0 Å². The van der Waals surface area contributed by atoms with E-state index in [9.17, 15) is 0 Å². The summed E-state index contributed by atoms with van der Waals surface area (Å²) < 4.78 is 1.32. The zero-order valence-corrected chi connectivity index (χ0v) is 22.5. The number of hydrogen-bond donors (Lipinski definition) is 0. The highest BCUT2D eigenvalue weighted by Crippen LogP contribution is 2.32. The molecule has 36 heavy (non-hydrogen) atoms. The largest absolute Gasteiger partial charge is 0.129 e. The summed E-state index contributed by atoms with van der Waals surface area (Å²) in [5.41, 5.74) is 11.2. The predicted octanol–water partition coefficient (Wildman–Crippen LogP) is 10.7. The van der Waals surface area contributed by atoms with E-state index in [2.05, 4.69) is 162 Å². The van der Waals surface area contributed by atoms with Gasteiger partial charge in [0.1, 0.15) is 0 Å². The number of benzene rings is 5. The van der Waals surface area contributed by atoms with Crippen LogP contribution in [0.15, 0.2) is 140 Å². The third-order valence-electron chi connectivity index (χ3n) is 6.50. The molecule has 6 aromatic rings. The molecule has 2 heteroatoms. The van der Waals surface area contributed by atoms with Gasteiger partial charge >= 0.3 is 0 Å². The Morgan fingerprint density at radius 1 is 0.306 bits per heavy atom. The zero-order chi connectivity index (χ0) is 24.3. The molecule has 0 aliphatic heterocycles. The second-order valence-corrected chi connectivity index (χ2v) is 11.8. The summed E-state index contributed by atoms with van der Waals surface area (Å²) in [6.45, 7) is 0. The maximum Gasteiger partial charge on any atom is 0.0660 e. The van der Waals surface area contributed by atoms with Crippen LogP contribution in [-0.4, -0.2) is 0 Å². The van der Waals surface area contributed by atoms with Crippen molar-refractivity contribution in [3.8, 4) is 54.9 Å². The maximum atomic E-state index is 2.38. The van der Waals surface area contributed by atoms with Crippen molar-refractivity contribution in [3.63, 3.8) is 0 Å². The normalized spacial score (nSPS) is 10.9. The maximum absolute atomic E-state index is 2.38. The lowest BCUT2D eigenvalue weighted by Gasteiger charge is -2.08. The molecule has 0 nitrogen and oxygen atoms in total. The van der Waals surface area contributed by atoms with E-state index in [-0.39, 0.29) is 0 Å². The average molecular weight is 591 g/mol. The van der Waals surface area contributed by atoms with Crippen molar-refractivity contribution < 1.29 is 0 Å². The molecule has 0 fully saturated rings. The van der Waals surface area contributed by atoms with Gasteiger partial charge in [-0.25, -0.2) is 0 Å². The summed E-state index contributed by atoms with van der Waals surface area (Å²) in [5, 5.41) is 0. The van der Waals surface area contributed by atoms with Crippen molar-refractivity contribution in [2.75, 3.05) is 0 Å². The molecule has 0 aliphatic carbocycles. The third-order valence-corrected chi connectivity index (χ3v) is 8.45. The average Bonchev–Trinajstić information content (AvgIpc) is 3.40. The monoisotopic (exact) mass is 590 g/mol. The minimum atomic E-state index is 1.23. The molecule has 172 valence electrons. The van der Waals surface area contributed by atoms with Gasteiger partial charge in [0.05, 0.1) is 2.88 Å². The summed E-state index contributed by atoms with van der Waals surface area (Å²) in [4.78, 5) is 1.32. The van der Waals surface area contributed by atoms with Gasteiger partial charge in [0.2, 0.25) is 0 Å². The van der Waals surface area contributed by atoms with E-state index in [1.165, 1.54) is 57.8 Å². The number of halogens is 1. The second-order valence-electron chi connectivity index (χ2n) is 8.78. The lowest BCUT2D eigenvalue weighted by atomic mass is 9.97. The minimum absolute atomic E-state index is 1.23. The number of rotatable bonds is 5. The van der Waals surface area contributed by atoms with Gasteiger partial charge in [-0.3, -0.25) is 0 Å². The van der Waals surface area contributed by atoms with Gasteiger partial charge in [0, 0.05) is 4.88 Å². The van der Waals surface area contributed by atoms with E-state index in [0.717, 1.165) is 0 Å². The van der Waals surface area contributed by atoms with Crippen LogP contribution in [0.25, 0.3) is 54.9 Å². The van der Waals surface area contributed by atoms with E-state index >= 15 is 0 Å². The Balaban J connectivity index is 1.17. The quantitative estimate of drug-likeness (QED) is 0.175. The molecule has 0 bridgehead atoms. The van der Waals surface area contributed by atoms with Crippen LogP contribution >= 0.6 is 33.9 Å². The first-order chi connectivity index (χ1) is 17.7. The summed E-state index contributed by atoms with van der Waals surface area (Å²) >= 11 is 4.21. The molecule has 0 aliphatic rings. The second kappa shape index (κ2) is 10.3. The Labute approximate surface area is 230 Å². The highest BCUT2D eigenvalue weighted by Gasteiger charge is 2.05. The summed E-state index contributed by atoms with van der Waals surface area (Å²) in [6.07, 6.45) is 0. The molecule has 6 rings (SSSR count). The minimum Gasteiger partial charge on any atom is -0.129 e. The molecule has 1 heterocycles. The lowest BCUT2D eigenvalue weighted by Crippen LogP contribution is -1.83. The fraction of sp³-hybridized carbons (Fsp3) is 0. The third kappa shape index (κ3) is 4.92. The van der Waals surface area contributed by atoms with Crippen molar-refractivity contribution in [1.29, 1.82) is 0 Å². The van der Waals surface area contributed by atoms with Gasteiger partial charge in [-0.05, 0) is 84.8 Å². The van der Waals surface area contributed by atoms with Gasteiger partial charge in [-0.15, -0.1) is 11.3 Å². The molecule has 5 aromatic carbocycles. The number of thiophene rings is 1. The molecule has 0 amide bonds. The Morgan fingerprint density at radius 3 is 0.917 bits per heavy atom. The Morgan fingerprint density at radius 2 is 0.611 bits per heavy atom. The van der Waals surface area contributed by atoms with E-state index in [1.54, 1.807) is 0 Å². The Hall–Kier alpha value is -3.47.